The molecule has 1 amide bonds. The van der Waals surface area contributed by atoms with Gasteiger partial charge in [0.25, 0.3) is 0 Å². The number of carbonyl (C=O) groups excluding carboxylic acids is 1. The average molecular weight is 235 g/mol. The Bertz CT molecular complexity index is 428. The third-order valence-electron chi connectivity index (χ3n) is 2.28. The second-order valence-corrected chi connectivity index (χ2v) is 3.59. The van der Waals surface area contributed by atoms with E-state index >= 15 is 0 Å². The summed E-state index contributed by atoms with van der Waals surface area (Å²) >= 11 is 0. The van der Waals surface area contributed by atoms with E-state index < -0.39 is 0 Å². The molecule has 1 atom stereocenters. The molecule has 4 nitrogen and oxygen atoms in total. The normalized spacial score (nSPS) is 11.6. The number of nitrogens with one attached hydrogen (secondary N) is 2. The molecule has 0 saturated carbocycles. The number of carbonyl (C=O) groups is 1. The van der Waals surface area contributed by atoms with Gasteiger partial charge < -0.3 is 10.6 Å². The third kappa shape index (κ3) is 4.62. The maximum Gasteiger partial charge on any atom is 0.234 e. The minimum absolute atomic E-state index is 0.00510. The molecule has 0 heterocycles. The van der Waals surface area contributed by atoms with Crippen molar-refractivity contribution in [3.05, 3.63) is 35.6 Å². The highest BCUT2D eigenvalue weighted by atomic mass is 19.1. The fourth-order valence-corrected chi connectivity index (χ4v) is 1.34. The summed E-state index contributed by atoms with van der Waals surface area (Å²) in [5, 5.41) is 13.6. The van der Waals surface area contributed by atoms with Crippen molar-refractivity contribution in [1.82, 2.24) is 10.6 Å². The Labute approximate surface area is 99.4 Å². The van der Waals surface area contributed by atoms with Gasteiger partial charge in [0.15, 0.2) is 0 Å². The summed E-state index contributed by atoms with van der Waals surface area (Å²) in [6.07, 6.45) is 0. The molecule has 1 aromatic carbocycles. The lowest BCUT2D eigenvalue weighted by molar-refractivity contribution is -0.120. The van der Waals surface area contributed by atoms with Gasteiger partial charge in [-0.1, -0.05) is 12.1 Å². The molecule has 0 unspecified atom stereocenters. The van der Waals surface area contributed by atoms with E-state index in [1.807, 2.05) is 13.0 Å². The van der Waals surface area contributed by atoms with Crippen LogP contribution in [0.3, 0.4) is 0 Å². The van der Waals surface area contributed by atoms with Crippen molar-refractivity contribution in [3.63, 3.8) is 0 Å². The van der Waals surface area contributed by atoms with Crippen LogP contribution in [0.5, 0.6) is 0 Å². The minimum Gasteiger partial charge on any atom is -0.342 e. The van der Waals surface area contributed by atoms with Crippen LogP contribution in [0.1, 0.15) is 18.5 Å². The van der Waals surface area contributed by atoms with Gasteiger partial charge in [-0.15, -0.1) is 0 Å². The number of amides is 1. The summed E-state index contributed by atoms with van der Waals surface area (Å²) in [5.41, 5.74) is 0.776. The Morgan fingerprint density at radius 3 is 3.00 bits per heavy atom. The molecule has 90 valence electrons. The Balaban J connectivity index is 2.42. The number of halogens is 1. The summed E-state index contributed by atoms with van der Waals surface area (Å²) < 4.78 is 12.9. The van der Waals surface area contributed by atoms with E-state index in [9.17, 15) is 9.18 Å². The van der Waals surface area contributed by atoms with Crippen LogP contribution < -0.4 is 10.6 Å². The van der Waals surface area contributed by atoms with Gasteiger partial charge in [0.05, 0.1) is 12.6 Å². The van der Waals surface area contributed by atoms with Crippen molar-refractivity contribution in [3.8, 4) is 6.07 Å². The zero-order valence-corrected chi connectivity index (χ0v) is 9.53. The van der Waals surface area contributed by atoms with Gasteiger partial charge >= 0.3 is 0 Å². The highest BCUT2D eigenvalue weighted by Gasteiger charge is 2.07. The van der Waals surface area contributed by atoms with E-state index in [1.54, 1.807) is 12.1 Å². The molecule has 0 spiro atoms. The molecular formula is C12H14FN3O. The van der Waals surface area contributed by atoms with Crippen molar-refractivity contribution in [1.29, 1.82) is 5.26 Å². The summed E-state index contributed by atoms with van der Waals surface area (Å²) in [5.74, 6) is -0.556. The lowest BCUT2D eigenvalue weighted by atomic mass is 10.1. The zero-order valence-electron chi connectivity index (χ0n) is 9.53. The maximum atomic E-state index is 12.9. The third-order valence-corrected chi connectivity index (χ3v) is 2.28. The highest BCUT2D eigenvalue weighted by molar-refractivity contribution is 5.78. The van der Waals surface area contributed by atoms with Crippen LogP contribution in [0.25, 0.3) is 0 Å². The van der Waals surface area contributed by atoms with Gasteiger partial charge in [0.2, 0.25) is 5.91 Å². The van der Waals surface area contributed by atoms with E-state index in [0.717, 1.165) is 5.56 Å². The van der Waals surface area contributed by atoms with Crippen LogP contribution in [0.2, 0.25) is 0 Å². The molecule has 5 heteroatoms. The summed E-state index contributed by atoms with van der Waals surface area (Å²) in [6, 6.07) is 7.89. The van der Waals surface area contributed by atoms with E-state index in [-0.39, 0.29) is 30.9 Å². The standard InChI is InChI=1S/C12H14FN3O/c1-9(10-3-2-4-11(13)7-10)16-8-12(17)15-6-5-14/h2-4,7,9,16H,6,8H2,1H3,(H,15,17)/t9-/m1/s1. The van der Waals surface area contributed by atoms with Crippen LogP contribution in [0.15, 0.2) is 24.3 Å². The van der Waals surface area contributed by atoms with Crippen molar-refractivity contribution >= 4 is 5.91 Å². The topological polar surface area (TPSA) is 64.9 Å². The summed E-state index contributed by atoms with van der Waals surface area (Å²) in [4.78, 5) is 11.2. The fraction of sp³-hybridized carbons (Fsp3) is 0.333. The molecule has 0 aliphatic heterocycles. The second kappa shape index (κ2) is 6.61. The SMILES string of the molecule is C[C@@H](NCC(=O)NCC#N)c1cccc(F)c1. The van der Waals surface area contributed by atoms with Gasteiger partial charge in [-0.25, -0.2) is 4.39 Å². The molecule has 0 saturated heterocycles. The van der Waals surface area contributed by atoms with E-state index in [4.69, 9.17) is 5.26 Å². The van der Waals surface area contributed by atoms with Crippen molar-refractivity contribution in [2.45, 2.75) is 13.0 Å². The average Bonchev–Trinajstić information content (AvgIpc) is 2.33. The lowest BCUT2D eigenvalue weighted by Gasteiger charge is -2.13. The number of hydrogen-bond donors (Lipinski definition) is 2. The van der Waals surface area contributed by atoms with Gasteiger partial charge in [-0.2, -0.15) is 5.26 Å². The molecule has 0 aliphatic carbocycles. The van der Waals surface area contributed by atoms with Crippen molar-refractivity contribution in [2.24, 2.45) is 0 Å². The molecule has 0 fully saturated rings. The van der Waals surface area contributed by atoms with Crippen molar-refractivity contribution < 1.29 is 9.18 Å². The Morgan fingerprint density at radius 1 is 1.59 bits per heavy atom. The largest absolute Gasteiger partial charge is 0.342 e. The van der Waals surface area contributed by atoms with Gasteiger partial charge in [0, 0.05) is 6.04 Å². The first-order chi connectivity index (χ1) is 8.13. The molecule has 0 aliphatic rings. The van der Waals surface area contributed by atoms with Crippen molar-refractivity contribution in [2.75, 3.05) is 13.1 Å². The molecule has 17 heavy (non-hydrogen) atoms. The Hall–Kier alpha value is -1.93. The Morgan fingerprint density at radius 2 is 2.35 bits per heavy atom. The molecular weight excluding hydrogens is 221 g/mol. The van der Waals surface area contributed by atoms with E-state index in [2.05, 4.69) is 10.6 Å². The first kappa shape index (κ1) is 13.1. The number of hydrogen-bond acceptors (Lipinski definition) is 3. The molecule has 0 radical (unpaired) electrons. The Kier molecular flexibility index (Phi) is 5.11. The van der Waals surface area contributed by atoms with Gasteiger partial charge in [0.1, 0.15) is 12.4 Å². The summed E-state index contributed by atoms with van der Waals surface area (Å²) in [6.45, 7) is 1.93. The van der Waals surface area contributed by atoms with Crippen LogP contribution >= 0.6 is 0 Å². The second-order valence-electron chi connectivity index (χ2n) is 3.59. The van der Waals surface area contributed by atoms with Gasteiger partial charge in [-0.05, 0) is 24.6 Å². The van der Waals surface area contributed by atoms with Crippen LogP contribution in [-0.2, 0) is 4.79 Å². The van der Waals surface area contributed by atoms with E-state index in [1.165, 1.54) is 12.1 Å². The first-order valence-corrected chi connectivity index (χ1v) is 5.26. The smallest absolute Gasteiger partial charge is 0.234 e. The first-order valence-electron chi connectivity index (χ1n) is 5.26. The molecule has 0 bridgehead atoms. The lowest BCUT2D eigenvalue weighted by Crippen LogP contribution is -2.35. The number of nitrogens with zero attached hydrogens (tertiary/aromatic N) is 1. The summed E-state index contributed by atoms with van der Waals surface area (Å²) in [7, 11) is 0. The fourth-order valence-electron chi connectivity index (χ4n) is 1.34. The quantitative estimate of drug-likeness (QED) is 0.751. The highest BCUT2D eigenvalue weighted by Crippen LogP contribution is 2.12. The monoisotopic (exact) mass is 235 g/mol. The van der Waals surface area contributed by atoms with E-state index in [0.29, 0.717) is 0 Å². The minimum atomic E-state index is -0.301. The predicted octanol–water partition coefficient (Wildman–Crippen LogP) is 1.12. The van der Waals surface area contributed by atoms with Gasteiger partial charge in [-0.3, -0.25) is 4.79 Å². The van der Waals surface area contributed by atoms with Crippen LogP contribution in [-0.4, -0.2) is 19.0 Å². The van der Waals surface area contributed by atoms with Crippen LogP contribution in [0.4, 0.5) is 4.39 Å². The number of benzene rings is 1. The molecule has 2 N–H and O–H groups in total. The molecule has 1 aromatic rings. The zero-order chi connectivity index (χ0) is 12.7. The molecule has 1 rings (SSSR count). The maximum absolute atomic E-state index is 12.9. The molecule has 0 aromatic heterocycles. The number of nitriles is 1. The predicted molar refractivity (Wildman–Crippen MR) is 61.4 cm³/mol. The number of rotatable bonds is 5. The van der Waals surface area contributed by atoms with Crippen LogP contribution in [0, 0.1) is 17.1 Å².